The van der Waals surface area contributed by atoms with E-state index in [9.17, 15) is 19.2 Å². The SMILES string of the molecule is CCCSc1nc(N2CCC[C@@H](CC(=O)OC(=O)CO[C@H]3CCN(c4ccc(C(=O)NC5C6CC7CC(C6)CC5C7)c(SCCC)n4)C3)C2)ccc1C(=O)NC1C2CC3CC(C2)CC1C3. The number of hydrogen-bond acceptors (Lipinski definition) is 12. The highest BCUT2D eigenvalue weighted by molar-refractivity contribution is 7.99. The van der Waals surface area contributed by atoms with Crippen LogP contribution in [-0.4, -0.2) is 96.2 Å². The van der Waals surface area contributed by atoms with Crippen LogP contribution in [0.4, 0.5) is 11.6 Å². The Hall–Kier alpha value is -3.36. The second-order valence-electron chi connectivity index (χ2n) is 21.3. The van der Waals surface area contributed by atoms with Gasteiger partial charge in [0.1, 0.15) is 28.3 Å². The Balaban J connectivity index is 0.686. The molecule has 65 heavy (non-hydrogen) atoms. The Morgan fingerprint density at radius 1 is 0.631 bits per heavy atom. The van der Waals surface area contributed by atoms with Gasteiger partial charge in [0.2, 0.25) is 0 Å². The number of aromatic nitrogens is 2. The van der Waals surface area contributed by atoms with Crippen molar-refractivity contribution in [1.29, 1.82) is 0 Å². The number of rotatable bonds is 17. The third-order valence-electron chi connectivity index (χ3n) is 16.5. The smallest absolute Gasteiger partial charge is 0.339 e. The van der Waals surface area contributed by atoms with Crippen molar-refractivity contribution < 1.29 is 28.7 Å². The maximum atomic E-state index is 13.8. The lowest BCUT2D eigenvalue weighted by Crippen LogP contribution is -2.55. The molecule has 0 spiro atoms. The van der Waals surface area contributed by atoms with Crippen LogP contribution < -0.4 is 20.4 Å². The Kier molecular flexibility index (Phi) is 14.0. The molecule has 2 N–H and O–H groups in total. The number of anilines is 2. The van der Waals surface area contributed by atoms with Crippen molar-refractivity contribution in [3.8, 4) is 0 Å². The molecular formula is C51H70N6O6S2. The van der Waals surface area contributed by atoms with Gasteiger partial charge in [-0.3, -0.25) is 14.4 Å². The molecule has 8 aliphatic carbocycles. The summed E-state index contributed by atoms with van der Waals surface area (Å²) in [6.07, 6.45) is 17.2. The van der Waals surface area contributed by atoms with Crippen LogP contribution in [-0.2, 0) is 19.1 Å². The van der Waals surface area contributed by atoms with Gasteiger partial charge in [0.15, 0.2) is 0 Å². The lowest BCUT2D eigenvalue weighted by Gasteiger charge is -2.54. The minimum absolute atomic E-state index is 0.00250. The van der Waals surface area contributed by atoms with Gasteiger partial charge in [-0.25, -0.2) is 14.8 Å². The van der Waals surface area contributed by atoms with Gasteiger partial charge in [0, 0.05) is 38.3 Å². The van der Waals surface area contributed by atoms with Gasteiger partial charge in [-0.2, -0.15) is 0 Å². The van der Waals surface area contributed by atoms with Gasteiger partial charge in [0.25, 0.3) is 11.8 Å². The summed E-state index contributed by atoms with van der Waals surface area (Å²) < 4.78 is 11.3. The highest BCUT2D eigenvalue weighted by atomic mass is 32.2. The summed E-state index contributed by atoms with van der Waals surface area (Å²) in [7, 11) is 0. The maximum absolute atomic E-state index is 13.8. The number of thioether (sulfide) groups is 2. The lowest BCUT2D eigenvalue weighted by atomic mass is 9.54. The van der Waals surface area contributed by atoms with E-state index in [2.05, 4.69) is 34.3 Å². The summed E-state index contributed by atoms with van der Waals surface area (Å²) in [4.78, 5) is 68.0. The van der Waals surface area contributed by atoms with Crippen LogP contribution in [0.25, 0.3) is 0 Å². The molecular weight excluding hydrogens is 857 g/mol. The van der Waals surface area contributed by atoms with Gasteiger partial charge in [-0.1, -0.05) is 13.8 Å². The van der Waals surface area contributed by atoms with Crippen molar-refractivity contribution in [1.82, 2.24) is 20.6 Å². The van der Waals surface area contributed by atoms with Crippen molar-refractivity contribution in [3.63, 3.8) is 0 Å². The minimum Gasteiger partial charge on any atom is -0.391 e. The predicted molar refractivity (Wildman–Crippen MR) is 254 cm³/mol. The molecule has 0 unspecified atom stereocenters. The molecule has 2 aliphatic heterocycles. The number of nitrogens with zero attached hydrogens (tertiary/aromatic N) is 4. The Morgan fingerprint density at radius 2 is 1.12 bits per heavy atom. The number of hydrogen-bond donors (Lipinski definition) is 2. The zero-order chi connectivity index (χ0) is 44.6. The molecule has 14 heteroatoms. The largest absolute Gasteiger partial charge is 0.391 e. The van der Waals surface area contributed by atoms with Gasteiger partial charge in [-0.05, 0) is 185 Å². The van der Waals surface area contributed by atoms with E-state index in [4.69, 9.17) is 19.4 Å². The second kappa shape index (κ2) is 20.1. The zero-order valence-corrected chi connectivity index (χ0v) is 40.2. The molecule has 2 aromatic heterocycles. The predicted octanol–water partition coefficient (Wildman–Crippen LogP) is 8.56. The molecule has 0 aromatic carbocycles. The van der Waals surface area contributed by atoms with Gasteiger partial charge in [0.05, 0.1) is 23.7 Å². The zero-order valence-electron chi connectivity index (χ0n) is 38.6. The fraction of sp³-hybridized carbons (Fsp3) is 0.725. The van der Waals surface area contributed by atoms with E-state index < -0.39 is 11.9 Å². The standard InChI is InChI=1S/C51H70N6O6S2/c1-3-14-64-50-40(48(60)54-46-35-18-31-16-32(20-35)21-36(46)19-31)7-9-42(52-50)56-12-5-6-30(27-56)26-44(58)63-45(59)29-62-39-11-13-57(28-39)43-10-8-41(51(53-43)65-15-4-2)49(61)55-47-37-22-33-17-34(24-37)25-38(47)23-33/h7-10,30-39,46-47H,3-6,11-29H2,1-2H3,(H,54,60)(H,55,61)/t30-,31?,32?,33?,34?,35?,36?,37?,38?,39-,46?,47?/m0/s1. The van der Waals surface area contributed by atoms with Crippen LogP contribution >= 0.6 is 23.5 Å². The highest BCUT2D eigenvalue weighted by Gasteiger charge is 2.50. The van der Waals surface area contributed by atoms with E-state index in [0.717, 1.165) is 89.1 Å². The van der Waals surface area contributed by atoms with Crippen LogP contribution in [0, 0.1) is 53.3 Å². The monoisotopic (exact) mass is 926 g/mol. The molecule has 8 bridgehead atoms. The molecule has 10 aliphatic rings. The van der Waals surface area contributed by atoms with E-state index in [1.54, 1.807) is 23.5 Å². The summed E-state index contributed by atoms with van der Waals surface area (Å²) in [6.45, 7) is 6.71. The molecule has 12 nitrogen and oxygen atoms in total. The first-order chi connectivity index (χ1) is 31.7. The van der Waals surface area contributed by atoms with Crippen molar-refractivity contribution in [2.45, 2.75) is 145 Å². The first kappa shape index (κ1) is 45.4. The molecule has 10 fully saturated rings. The summed E-state index contributed by atoms with van der Waals surface area (Å²) in [5.74, 6) is 8.10. The first-order valence-corrected chi connectivity index (χ1v) is 27.4. The van der Waals surface area contributed by atoms with Crippen molar-refractivity contribution >= 4 is 58.9 Å². The molecule has 4 heterocycles. The Labute approximate surface area is 394 Å². The number of piperidine rings is 1. The first-order valence-electron chi connectivity index (χ1n) is 25.4. The maximum Gasteiger partial charge on any atom is 0.339 e. The quantitative estimate of drug-likeness (QED) is 0.0892. The van der Waals surface area contributed by atoms with Crippen LogP contribution in [0.2, 0.25) is 0 Å². The van der Waals surface area contributed by atoms with Crippen LogP contribution in [0.1, 0.15) is 137 Å². The number of ether oxygens (including phenoxy) is 2. The number of pyridine rings is 2. The number of amides is 2. The van der Waals surface area contributed by atoms with Gasteiger partial charge < -0.3 is 29.9 Å². The van der Waals surface area contributed by atoms with Crippen LogP contribution in [0.5, 0.6) is 0 Å². The Morgan fingerprint density at radius 3 is 1.62 bits per heavy atom. The lowest BCUT2D eigenvalue weighted by molar-refractivity contribution is -0.164. The van der Waals surface area contributed by atoms with E-state index in [1.165, 1.54) is 64.2 Å². The summed E-state index contributed by atoms with van der Waals surface area (Å²) >= 11 is 3.29. The minimum atomic E-state index is -0.672. The van der Waals surface area contributed by atoms with Crippen molar-refractivity contribution in [2.75, 3.05) is 54.1 Å². The molecule has 8 saturated carbocycles. The average Bonchev–Trinajstić information content (AvgIpc) is 3.78. The summed E-state index contributed by atoms with van der Waals surface area (Å²) in [5, 5.41) is 8.52. The van der Waals surface area contributed by atoms with Crippen LogP contribution in [0.3, 0.4) is 0 Å². The number of nitrogens with one attached hydrogen (secondary N) is 2. The van der Waals surface area contributed by atoms with E-state index >= 15 is 0 Å². The molecule has 352 valence electrons. The average molecular weight is 927 g/mol. The topological polar surface area (TPSA) is 143 Å². The van der Waals surface area contributed by atoms with E-state index in [1.807, 2.05) is 24.3 Å². The number of carbonyl (C=O) groups excluding carboxylic acids is 4. The fourth-order valence-electron chi connectivity index (χ4n) is 14.1. The highest BCUT2D eigenvalue weighted by Crippen LogP contribution is 2.55. The number of carbonyl (C=O) groups is 4. The van der Waals surface area contributed by atoms with E-state index in [-0.39, 0.29) is 48.9 Å². The summed E-state index contributed by atoms with van der Waals surface area (Å²) in [6, 6.07) is 8.36. The molecule has 2 amide bonds. The molecule has 12 rings (SSSR count). The van der Waals surface area contributed by atoms with Crippen LogP contribution in [0.15, 0.2) is 34.3 Å². The molecule has 2 atom stereocenters. The normalized spacial score (nSPS) is 33.1. The third-order valence-corrected chi connectivity index (χ3v) is 18.9. The van der Waals surface area contributed by atoms with Gasteiger partial charge >= 0.3 is 11.9 Å². The van der Waals surface area contributed by atoms with Gasteiger partial charge in [-0.15, -0.1) is 23.5 Å². The third kappa shape index (κ3) is 10.2. The molecule has 2 saturated heterocycles. The van der Waals surface area contributed by atoms with Crippen molar-refractivity contribution in [2.24, 2.45) is 53.3 Å². The fourth-order valence-corrected chi connectivity index (χ4v) is 15.8. The van der Waals surface area contributed by atoms with E-state index in [0.29, 0.717) is 60.9 Å². The molecule has 0 radical (unpaired) electrons. The summed E-state index contributed by atoms with van der Waals surface area (Å²) in [5.41, 5.74) is 1.33. The second-order valence-corrected chi connectivity index (χ2v) is 23.4. The number of esters is 2. The molecule has 2 aromatic rings. The van der Waals surface area contributed by atoms with Crippen molar-refractivity contribution in [3.05, 3.63) is 35.4 Å². The Bertz CT molecular complexity index is 2030.